The summed E-state index contributed by atoms with van der Waals surface area (Å²) in [6.45, 7) is 4.47. The Kier molecular flexibility index (Phi) is 6.47. The van der Waals surface area contributed by atoms with E-state index in [9.17, 15) is 5.11 Å². The van der Waals surface area contributed by atoms with Gasteiger partial charge in [-0.1, -0.05) is 12.1 Å². The standard InChI is InChI=1S/C22H28N4O4/c1-28-19-10-16(11-20(12-19)29-2)13-26-8-7-25(15-18(26)6-9-27)14-17-4-3-5-21-22(17)24-30-23-21/h3-5,10-12,18,27H,6-9,13-15H2,1-2H3/t18-/m1/s1. The Labute approximate surface area is 175 Å². The minimum atomic E-state index is 0.166. The summed E-state index contributed by atoms with van der Waals surface area (Å²) < 4.78 is 15.7. The Morgan fingerprint density at radius 1 is 1.07 bits per heavy atom. The van der Waals surface area contributed by atoms with Crippen LogP contribution < -0.4 is 9.47 Å². The second kappa shape index (κ2) is 9.42. The van der Waals surface area contributed by atoms with Crippen LogP contribution >= 0.6 is 0 Å². The molecule has 0 amide bonds. The van der Waals surface area contributed by atoms with E-state index in [1.807, 2.05) is 30.3 Å². The predicted molar refractivity (Wildman–Crippen MR) is 113 cm³/mol. The summed E-state index contributed by atoms with van der Waals surface area (Å²) >= 11 is 0. The van der Waals surface area contributed by atoms with Gasteiger partial charge < -0.3 is 14.6 Å². The number of ether oxygens (including phenoxy) is 2. The maximum atomic E-state index is 9.64. The third-order valence-corrected chi connectivity index (χ3v) is 5.71. The third kappa shape index (κ3) is 4.56. The van der Waals surface area contributed by atoms with E-state index in [4.69, 9.17) is 14.1 Å². The number of hydrogen-bond acceptors (Lipinski definition) is 8. The molecule has 0 aliphatic carbocycles. The summed E-state index contributed by atoms with van der Waals surface area (Å²) in [5.74, 6) is 1.58. The maximum absolute atomic E-state index is 9.64. The van der Waals surface area contributed by atoms with Crippen molar-refractivity contribution < 1.29 is 19.2 Å². The molecule has 160 valence electrons. The molecule has 1 saturated heterocycles. The number of fused-ring (bicyclic) bond motifs is 1. The van der Waals surface area contributed by atoms with Crippen molar-refractivity contribution >= 4 is 11.0 Å². The molecule has 0 spiro atoms. The normalized spacial score (nSPS) is 18.0. The molecule has 1 fully saturated rings. The van der Waals surface area contributed by atoms with Crippen LogP contribution in [0.1, 0.15) is 17.5 Å². The molecule has 2 heterocycles. The van der Waals surface area contributed by atoms with Gasteiger partial charge in [0.1, 0.15) is 22.5 Å². The Balaban J connectivity index is 1.46. The molecule has 30 heavy (non-hydrogen) atoms. The highest BCUT2D eigenvalue weighted by Crippen LogP contribution is 2.26. The van der Waals surface area contributed by atoms with Crippen LogP contribution in [-0.2, 0) is 13.1 Å². The number of nitrogens with zero attached hydrogens (tertiary/aromatic N) is 4. The zero-order valence-electron chi connectivity index (χ0n) is 17.5. The lowest BCUT2D eigenvalue weighted by Crippen LogP contribution is -2.52. The van der Waals surface area contributed by atoms with Crippen LogP contribution in [0, 0.1) is 0 Å². The molecule has 1 aromatic heterocycles. The molecule has 0 radical (unpaired) electrons. The molecule has 3 aromatic rings. The highest BCUT2D eigenvalue weighted by molar-refractivity contribution is 5.76. The summed E-state index contributed by atoms with van der Waals surface area (Å²) in [7, 11) is 3.33. The molecule has 0 saturated carbocycles. The van der Waals surface area contributed by atoms with Crippen molar-refractivity contribution in [2.24, 2.45) is 0 Å². The van der Waals surface area contributed by atoms with Gasteiger partial charge in [-0.05, 0) is 46.1 Å². The second-order valence-corrected chi connectivity index (χ2v) is 7.64. The van der Waals surface area contributed by atoms with Crippen LogP contribution in [0.25, 0.3) is 11.0 Å². The molecule has 1 atom stereocenters. The molecule has 2 aromatic carbocycles. The van der Waals surface area contributed by atoms with Gasteiger partial charge in [0.05, 0.1) is 14.2 Å². The zero-order chi connectivity index (χ0) is 20.9. The van der Waals surface area contributed by atoms with Gasteiger partial charge in [0.25, 0.3) is 0 Å². The number of aliphatic hydroxyl groups excluding tert-OH is 1. The Morgan fingerprint density at radius 2 is 1.87 bits per heavy atom. The van der Waals surface area contributed by atoms with Crippen molar-refractivity contribution in [2.75, 3.05) is 40.5 Å². The van der Waals surface area contributed by atoms with E-state index in [2.05, 4.69) is 26.2 Å². The molecule has 1 aliphatic heterocycles. The largest absolute Gasteiger partial charge is 0.497 e. The number of aromatic nitrogens is 2. The molecule has 8 heteroatoms. The lowest BCUT2D eigenvalue weighted by Gasteiger charge is -2.41. The van der Waals surface area contributed by atoms with E-state index in [-0.39, 0.29) is 12.6 Å². The predicted octanol–water partition coefficient (Wildman–Crippen LogP) is 2.31. The minimum absolute atomic E-state index is 0.166. The first-order chi connectivity index (χ1) is 14.7. The average molecular weight is 412 g/mol. The van der Waals surface area contributed by atoms with E-state index >= 15 is 0 Å². The lowest BCUT2D eigenvalue weighted by molar-refractivity contribution is 0.0500. The van der Waals surface area contributed by atoms with Crippen LogP contribution in [0.4, 0.5) is 0 Å². The molecular weight excluding hydrogens is 384 g/mol. The Bertz CT molecular complexity index is 954. The molecule has 4 rings (SSSR count). The fourth-order valence-corrected chi connectivity index (χ4v) is 4.15. The Hall–Kier alpha value is -2.68. The Morgan fingerprint density at radius 3 is 2.60 bits per heavy atom. The van der Waals surface area contributed by atoms with Gasteiger partial charge in [0.15, 0.2) is 0 Å². The van der Waals surface area contributed by atoms with E-state index in [1.54, 1.807) is 14.2 Å². The van der Waals surface area contributed by atoms with Gasteiger partial charge in [0.2, 0.25) is 0 Å². The summed E-state index contributed by atoms with van der Waals surface area (Å²) in [5.41, 5.74) is 3.86. The van der Waals surface area contributed by atoms with E-state index in [0.29, 0.717) is 0 Å². The summed E-state index contributed by atoms with van der Waals surface area (Å²) in [6, 6.07) is 12.2. The number of piperazine rings is 1. The third-order valence-electron chi connectivity index (χ3n) is 5.71. The monoisotopic (exact) mass is 412 g/mol. The van der Waals surface area contributed by atoms with Crippen molar-refractivity contribution in [3.8, 4) is 11.5 Å². The maximum Gasteiger partial charge on any atom is 0.139 e. The lowest BCUT2D eigenvalue weighted by atomic mass is 10.1. The topological polar surface area (TPSA) is 84.1 Å². The first-order valence-corrected chi connectivity index (χ1v) is 10.2. The first kappa shape index (κ1) is 20.6. The van der Waals surface area contributed by atoms with Crippen molar-refractivity contribution in [1.29, 1.82) is 0 Å². The smallest absolute Gasteiger partial charge is 0.139 e. The second-order valence-electron chi connectivity index (χ2n) is 7.64. The van der Waals surface area contributed by atoms with Crippen molar-refractivity contribution in [3.63, 3.8) is 0 Å². The minimum Gasteiger partial charge on any atom is -0.497 e. The molecule has 8 nitrogen and oxygen atoms in total. The van der Waals surface area contributed by atoms with Gasteiger partial charge in [-0.25, -0.2) is 4.63 Å². The highest BCUT2D eigenvalue weighted by Gasteiger charge is 2.27. The van der Waals surface area contributed by atoms with E-state index in [1.165, 1.54) is 0 Å². The summed E-state index contributed by atoms with van der Waals surface area (Å²) in [6.07, 6.45) is 0.729. The van der Waals surface area contributed by atoms with Crippen LogP contribution in [0.15, 0.2) is 41.0 Å². The SMILES string of the molecule is COc1cc(CN2CCN(Cc3cccc4nonc34)C[C@H]2CCO)cc(OC)c1. The van der Waals surface area contributed by atoms with Gasteiger partial charge in [-0.2, -0.15) is 0 Å². The van der Waals surface area contributed by atoms with Gasteiger partial charge in [0, 0.05) is 51.4 Å². The van der Waals surface area contributed by atoms with E-state index in [0.717, 1.165) is 72.8 Å². The molecular formula is C22H28N4O4. The van der Waals surface area contributed by atoms with Gasteiger partial charge in [-0.3, -0.25) is 9.80 Å². The summed E-state index contributed by atoms with van der Waals surface area (Å²) in [5, 5.41) is 17.6. The number of methoxy groups -OCH3 is 2. The van der Waals surface area contributed by atoms with Gasteiger partial charge in [-0.15, -0.1) is 0 Å². The van der Waals surface area contributed by atoms with Crippen molar-refractivity contribution in [2.45, 2.75) is 25.6 Å². The average Bonchev–Trinajstić information content (AvgIpc) is 3.25. The van der Waals surface area contributed by atoms with Gasteiger partial charge >= 0.3 is 0 Å². The van der Waals surface area contributed by atoms with Crippen LogP contribution in [0.3, 0.4) is 0 Å². The zero-order valence-corrected chi connectivity index (χ0v) is 17.5. The number of hydrogen-bond donors (Lipinski definition) is 1. The number of aliphatic hydroxyl groups is 1. The van der Waals surface area contributed by atoms with Crippen LogP contribution in [-0.4, -0.2) is 71.7 Å². The quantitative estimate of drug-likeness (QED) is 0.603. The number of rotatable bonds is 8. The molecule has 1 N–H and O–H groups in total. The highest BCUT2D eigenvalue weighted by atomic mass is 16.6. The molecule has 0 unspecified atom stereocenters. The van der Waals surface area contributed by atoms with Crippen molar-refractivity contribution in [1.82, 2.24) is 20.1 Å². The number of benzene rings is 2. The first-order valence-electron chi connectivity index (χ1n) is 10.2. The molecule has 0 bridgehead atoms. The fraction of sp³-hybridized carbons (Fsp3) is 0.455. The van der Waals surface area contributed by atoms with Crippen LogP contribution in [0.5, 0.6) is 11.5 Å². The summed E-state index contributed by atoms with van der Waals surface area (Å²) in [4.78, 5) is 4.84. The fourth-order valence-electron chi connectivity index (χ4n) is 4.15. The van der Waals surface area contributed by atoms with Crippen molar-refractivity contribution in [3.05, 3.63) is 47.5 Å². The van der Waals surface area contributed by atoms with E-state index < -0.39 is 0 Å². The molecule has 1 aliphatic rings. The van der Waals surface area contributed by atoms with Crippen LogP contribution in [0.2, 0.25) is 0 Å².